The summed E-state index contributed by atoms with van der Waals surface area (Å²) in [5, 5.41) is 8.80. The van der Waals surface area contributed by atoms with E-state index in [1.54, 1.807) is 13.1 Å². The molecule has 0 atom stereocenters. The van der Waals surface area contributed by atoms with Crippen LogP contribution in [0.25, 0.3) is 0 Å². The van der Waals surface area contributed by atoms with Gasteiger partial charge in [-0.1, -0.05) is 0 Å². The van der Waals surface area contributed by atoms with Crippen LogP contribution in [0.15, 0.2) is 6.20 Å². The molecule has 0 aliphatic heterocycles. The topological polar surface area (TPSA) is 62.3 Å². The molecule has 2 N–H and O–H groups in total. The predicted octanol–water partition coefficient (Wildman–Crippen LogP) is 1.03. The quantitative estimate of drug-likeness (QED) is 0.709. The lowest BCUT2D eigenvalue weighted by atomic mass is 10.1. The van der Waals surface area contributed by atoms with Gasteiger partial charge in [-0.15, -0.1) is 0 Å². The molecule has 0 unspecified atom stereocenters. The lowest BCUT2D eigenvalue weighted by molar-refractivity contribution is 0.0524. The molecular formula is C10H15NO3. The summed E-state index contributed by atoms with van der Waals surface area (Å²) in [4.78, 5) is 14.4. The Morgan fingerprint density at radius 3 is 2.93 bits per heavy atom. The van der Waals surface area contributed by atoms with E-state index in [-0.39, 0.29) is 12.6 Å². The SMILES string of the molecule is CCOC(=O)c1c(CCO)c[nH]c1C. The summed E-state index contributed by atoms with van der Waals surface area (Å²) in [6.45, 7) is 3.98. The van der Waals surface area contributed by atoms with E-state index in [0.29, 0.717) is 18.6 Å². The Morgan fingerprint density at radius 2 is 2.36 bits per heavy atom. The van der Waals surface area contributed by atoms with Crippen molar-refractivity contribution in [2.75, 3.05) is 13.2 Å². The molecule has 0 fully saturated rings. The van der Waals surface area contributed by atoms with Gasteiger partial charge < -0.3 is 14.8 Å². The van der Waals surface area contributed by atoms with Gasteiger partial charge in [-0.05, 0) is 25.8 Å². The highest BCUT2D eigenvalue weighted by atomic mass is 16.5. The molecule has 1 heterocycles. The maximum absolute atomic E-state index is 11.5. The largest absolute Gasteiger partial charge is 0.462 e. The molecule has 0 saturated heterocycles. The van der Waals surface area contributed by atoms with E-state index >= 15 is 0 Å². The predicted molar refractivity (Wildman–Crippen MR) is 52.3 cm³/mol. The van der Waals surface area contributed by atoms with Crippen molar-refractivity contribution in [2.24, 2.45) is 0 Å². The molecule has 0 aromatic carbocycles. The van der Waals surface area contributed by atoms with E-state index in [0.717, 1.165) is 11.3 Å². The van der Waals surface area contributed by atoms with Crippen LogP contribution in [0, 0.1) is 6.92 Å². The smallest absolute Gasteiger partial charge is 0.340 e. The minimum absolute atomic E-state index is 0.0314. The van der Waals surface area contributed by atoms with E-state index in [1.165, 1.54) is 0 Å². The number of hydrogen-bond donors (Lipinski definition) is 2. The van der Waals surface area contributed by atoms with Crippen LogP contribution in [-0.2, 0) is 11.2 Å². The first-order chi connectivity index (χ1) is 6.70. The van der Waals surface area contributed by atoms with Crippen LogP contribution in [0.2, 0.25) is 0 Å². The Balaban J connectivity index is 2.92. The van der Waals surface area contributed by atoms with Crippen LogP contribution in [0.3, 0.4) is 0 Å². The summed E-state index contributed by atoms with van der Waals surface area (Å²) in [6.07, 6.45) is 2.20. The summed E-state index contributed by atoms with van der Waals surface area (Å²) < 4.78 is 4.91. The van der Waals surface area contributed by atoms with Gasteiger partial charge in [-0.25, -0.2) is 4.79 Å². The standard InChI is InChI=1S/C10H15NO3/c1-3-14-10(13)9-7(2)11-6-8(9)4-5-12/h6,11-12H,3-5H2,1-2H3. The van der Waals surface area contributed by atoms with E-state index in [9.17, 15) is 4.79 Å². The Hall–Kier alpha value is -1.29. The zero-order chi connectivity index (χ0) is 10.6. The number of aromatic nitrogens is 1. The van der Waals surface area contributed by atoms with Gasteiger partial charge in [0.1, 0.15) is 0 Å². The Labute approximate surface area is 82.9 Å². The van der Waals surface area contributed by atoms with Crippen molar-refractivity contribution in [2.45, 2.75) is 20.3 Å². The van der Waals surface area contributed by atoms with Crippen LogP contribution in [0.4, 0.5) is 0 Å². The number of aliphatic hydroxyl groups excluding tert-OH is 1. The Kier molecular flexibility index (Phi) is 3.71. The lowest BCUT2D eigenvalue weighted by Crippen LogP contribution is -2.08. The average molecular weight is 197 g/mol. The zero-order valence-electron chi connectivity index (χ0n) is 8.46. The molecule has 0 aliphatic carbocycles. The van der Waals surface area contributed by atoms with E-state index < -0.39 is 0 Å². The first-order valence-electron chi connectivity index (χ1n) is 4.65. The molecule has 1 aromatic heterocycles. The second kappa shape index (κ2) is 4.81. The molecule has 4 heteroatoms. The molecule has 0 amide bonds. The fourth-order valence-corrected chi connectivity index (χ4v) is 1.39. The number of nitrogens with one attached hydrogen (secondary N) is 1. The molecule has 1 rings (SSSR count). The third kappa shape index (κ3) is 2.14. The number of ether oxygens (including phenoxy) is 1. The number of H-pyrrole nitrogens is 1. The normalized spacial score (nSPS) is 10.2. The molecule has 78 valence electrons. The zero-order valence-corrected chi connectivity index (χ0v) is 8.46. The summed E-state index contributed by atoms with van der Waals surface area (Å²) in [5.74, 6) is -0.324. The molecule has 0 radical (unpaired) electrons. The number of rotatable bonds is 4. The van der Waals surface area contributed by atoms with Crippen LogP contribution >= 0.6 is 0 Å². The van der Waals surface area contributed by atoms with Gasteiger partial charge in [0.15, 0.2) is 0 Å². The molecule has 0 saturated carbocycles. The number of hydrogen-bond acceptors (Lipinski definition) is 3. The van der Waals surface area contributed by atoms with Crippen molar-refractivity contribution >= 4 is 5.97 Å². The van der Waals surface area contributed by atoms with Crippen LogP contribution in [0.1, 0.15) is 28.5 Å². The fraction of sp³-hybridized carbons (Fsp3) is 0.500. The first kappa shape index (κ1) is 10.8. The number of aliphatic hydroxyl groups is 1. The average Bonchev–Trinajstić information content (AvgIpc) is 2.48. The Morgan fingerprint density at radius 1 is 1.64 bits per heavy atom. The van der Waals surface area contributed by atoms with Crippen LogP contribution in [0.5, 0.6) is 0 Å². The monoisotopic (exact) mass is 197 g/mol. The number of esters is 1. The summed E-state index contributed by atoms with van der Waals surface area (Å²) >= 11 is 0. The van der Waals surface area contributed by atoms with Gasteiger partial charge >= 0.3 is 5.97 Å². The molecule has 0 aliphatic rings. The lowest BCUT2D eigenvalue weighted by Gasteiger charge is -2.03. The third-order valence-electron chi connectivity index (χ3n) is 2.02. The molecule has 14 heavy (non-hydrogen) atoms. The maximum atomic E-state index is 11.5. The van der Waals surface area contributed by atoms with Gasteiger partial charge in [0, 0.05) is 18.5 Å². The van der Waals surface area contributed by atoms with E-state index in [2.05, 4.69) is 4.98 Å². The van der Waals surface area contributed by atoms with Crippen molar-refractivity contribution in [3.63, 3.8) is 0 Å². The second-order valence-electron chi connectivity index (χ2n) is 3.01. The second-order valence-corrected chi connectivity index (χ2v) is 3.01. The number of carbonyl (C=O) groups is 1. The van der Waals surface area contributed by atoms with Gasteiger partial charge in [-0.3, -0.25) is 0 Å². The first-order valence-corrected chi connectivity index (χ1v) is 4.65. The van der Waals surface area contributed by atoms with Gasteiger partial charge in [0.25, 0.3) is 0 Å². The van der Waals surface area contributed by atoms with E-state index in [4.69, 9.17) is 9.84 Å². The molecule has 4 nitrogen and oxygen atoms in total. The molecule has 0 spiro atoms. The minimum Gasteiger partial charge on any atom is -0.462 e. The van der Waals surface area contributed by atoms with Crippen molar-refractivity contribution in [3.05, 3.63) is 23.0 Å². The number of aryl methyl sites for hydroxylation is 1. The number of aromatic amines is 1. The van der Waals surface area contributed by atoms with Gasteiger partial charge in [0.2, 0.25) is 0 Å². The highest BCUT2D eigenvalue weighted by Gasteiger charge is 2.16. The summed E-state index contributed by atoms with van der Waals surface area (Å²) in [5.41, 5.74) is 2.15. The summed E-state index contributed by atoms with van der Waals surface area (Å²) in [7, 11) is 0. The highest BCUT2D eigenvalue weighted by Crippen LogP contribution is 2.15. The van der Waals surface area contributed by atoms with Crippen LogP contribution < -0.4 is 0 Å². The maximum Gasteiger partial charge on any atom is 0.340 e. The van der Waals surface area contributed by atoms with Gasteiger partial charge in [-0.2, -0.15) is 0 Å². The minimum atomic E-state index is -0.324. The summed E-state index contributed by atoms with van der Waals surface area (Å²) in [6, 6.07) is 0. The van der Waals surface area contributed by atoms with Crippen molar-refractivity contribution in [1.29, 1.82) is 0 Å². The third-order valence-corrected chi connectivity index (χ3v) is 2.02. The molecule has 1 aromatic rings. The van der Waals surface area contributed by atoms with E-state index in [1.807, 2.05) is 6.92 Å². The molecular weight excluding hydrogens is 182 g/mol. The number of carbonyl (C=O) groups excluding carboxylic acids is 1. The molecule has 0 bridgehead atoms. The van der Waals surface area contributed by atoms with Crippen LogP contribution in [-0.4, -0.2) is 29.3 Å². The van der Waals surface area contributed by atoms with Crippen molar-refractivity contribution in [3.8, 4) is 0 Å². The highest BCUT2D eigenvalue weighted by molar-refractivity contribution is 5.92. The Bertz CT molecular complexity index is 317. The van der Waals surface area contributed by atoms with Gasteiger partial charge in [0.05, 0.1) is 12.2 Å². The van der Waals surface area contributed by atoms with Crippen molar-refractivity contribution < 1.29 is 14.6 Å². The fourth-order valence-electron chi connectivity index (χ4n) is 1.39. The van der Waals surface area contributed by atoms with Crippen molar-refractivity contribution in [1.82, 2.24) is 4.98 Å².